The van der Waals surface area contributed by atoms with Crippen molar-refractivity contribution in [3.8, 4) is 5.75 Å². The minimum Gasteiger partial charge on any atom is -0.484 e. The molecule has 0 fully saturated rings. The summed E-state index contributed by atoms with van der Waals surface area (Å²) in [4.78, 5) is 11.7. The summed E-state index contributed by atoms with van der Waals surface area (Å²) in [5.41, 5.74) is 0.471. The van der Waals surface area contributed by atoms with Crippen LogP contribution >= 0.6 is 10.7 Å². The van der Waals surface area contributed by atoms with Crippen LogP contribution in [-0.2, 0) is 13.8 Å². The molecular weight excluding hydrogens is 314 g/mol. The number of halogens is 1. The average molecular weight is 334 g/mol. The summed E-state index contributed by atoms with van der Waals surface area (Å²) in [6.07, 6.45) is 0. The Bertz CT molecular complexity index is 613. The van der Waals surface area contributed by atoms with Crippen LogP contribution in [0.15, 0.2) is 23.1 Å². The second-order valence-electron chi connectivity index (χ2n) is 5.25. The lowest BCUT2D eigenvalue weighted by Crippen LogP contribution is -2.38. The van der Waals surface area contributed by atoms with Crippen molar-refractivity contribution in [2.45, 2.75) is 38.6 Å². The second kappa shape index (κ2) is 7.13. The minimum atomic E-state index is -3.77. The number of ether oxygens (including phenoxy) is 1. The molecule has 0 bridgehead atoms. The maximum Gasteiger partial charge on any atom is 0.261 e. The van der Waals surface area contributed by atoms with Gasteiger partial charge in [-0.05, 0) is 43.5 Å². The van der Waals surface area contributed by atoms with Crippen LogP contribution in [-0.4, -0.2) is 27.0 Å². The van der Waals surface area contributed by atoms with Crippen molar-refractivity contribution in [1.82, 2.24) is 5.32 Å². The number of amides is 1. The molecule has 1 unspecified atom stereocenters. The Kier molecular flexibility index (Phi) is 6.04. The topological polar surface area (TPSA) is 72.5 Å². The van der Waals surface area contributed by atoms with E-state index in [2.05, 4.69) is 5.32 Å². The first-order valence-corrected chi connectivity index (χ1v) is 8.89. The molecule has 0 saturated carbocycles. The highest BCUT2D eigenvalue weighted by molar-refractivity contribution is 8.13. The zero-order valence-corrected chi connectivity index (χ0v) is 14.1. The molecule has 1 amide bonds. The van der Waals surface area contributed by atoms with Gasteiger partial charge in [0, 0.05) is 16.7 Å². The standard InChI is InChI=1S/C14H20ClNO4S/c1-9(2)11(4)16-14(17)8-20-12-5-6-13(10(3)7-12)21(15,18)19/h5-7,9,11H,8H2,1-4H3,(H,16,17). The van der Waals surface area contributed by atoms with Crippen LogP contribution in [0, 0.1) is 12.8 Å². The highest BCUT2D eigenvalue weighted by Crippen LogP contribution is 2.23. The Morgan fingerprint density at radius 1 is 1.33 bits per heavy atom. The molecule has 1 atom stereocenters. The van der Waals surface area contributed by atoms with Gasteiger partial charge in [-0.25, -0.2) is 8.42 Å². The molecule has 0 heterocycles. The highest BCUT2D eigenvalue weighted by atomic mass is 35.7. The molecule has 21 heavy (non-hydrogen) atoms. The largest absolute Gasteiger partial charge is 0.484 e. The van der Waals surface area contributed by atoms with Crippen LogP contribution in [0.5, 0.6) is 5.75 Å². The molecule has 0 aromatic heterocycles. The first-order chi connectivity index (χ1) is 9.61. The fourth-order valence-corrected chi connectivity index (χ4v) is 2.79. The van der Waals surface area contributed by atoms with E-state index in [9.17, 15) is 13.2 Å². The van der Waals surface area contributed by atoms with Gasteiger partial charge in [0.05, 0.1) is 4.90 Å². The van der Waals surface area contributed by atoms with E-state index in [-0.39, 0.29) is 23.5 Å². The molecule has 0 radical (unpaired) electrons. The Labute approximate surface area is 130 Å². The lowest BCUT2D eigenvalue weighted by molar-refractivity contribution is -0.124. The Morgan fingerprint density at radius 3 is 2.43 bits per heavy atom. The van der Waals surface area contributed by atoms with Gasteiger partial charge < -0.3 is 10.1 Å². The van der Waals surface area contributed by atoms with Crippen molar-refractivity contribution in [3.63, 3.8) is 0 Å². The van der Waals surface area contributed by atoms with E-state index in [1.807, 2.05) is 20.8 Å². The van der Waals surface area contributed by atoms with Gasteiger partial charge in [-0.1, -0.05) is 13.8 Å². The van der Waals surface area contributed by atoms with Gasteiger partial charge in [0.25, 0.3) is 15.0 Å². The van der Waals surface area contributed by atoms with Crippen molar-refractivity contribution < 1.29 is 17.9 Å². The molecule has 0 aliphatic rings. The lowest BCUT2D eigenvalue weighted by Gasteiger charge is -2.17. The summed E-state index contributed by atoms with van der Waals surface area (Å²) >= 11 is 0. The van der Waals surface area contributed by atoms with E-state index in [0.717, 1.165) is 0 Å². The zero-order chi connectivity index (χ0) is 16.2. The average Bonchev–Trinajstić information content (AvgIpc) is 2.34. The molecule has 1 aromatic rings. The molecule has 1 rings (SSSR count). The molecule has 1 aromatic carbocycles. The number of rotatable bonds is 6. The van der Waals surface area contributed by atoms with Crippen LogP contribution in [0.2, 0.25) is 0 Å². The van der Waals surface area contributed by atoms with Crippen LogP contribution in [0.4, 0.5) is 0 Å². The molecule has 1 N–H and O–H groups in total. The van der Waals surface area contributed by atoms with Crippen molar-refractivity contribution >= 4 is 25.6 Å². The van der Waals surface area contributed by atoms with Crippen LogP contribution in [0.3, 0.4) is 0 Å². The maximum atomic E-state index is 11.7. The Morgan fingerprint density at radius 2 is 1.95 bits per heavy atom. The molecule has 0 aliphatic heterocycles. The number of aryl methyl sites for hydroxylation is 1. The zero-order valence-electron chi connectivity index (χ0n) is 12.5. The number of carbonyl (C=O) groups is 1. The smallest absolute Gasteiger partial charge is 0.261 e. The molecule has 7 heteroatoms. The van der Waals surface area contributed by atoms with Gasteiger partial charge in [-0.2, -0.15) is 0 Å². The summed E-state index contributed by atoms with van der Waals surface area (Å²) in [7, 11) is 1.53. The Balaban J connectivity index is 2.65. The van der Waals surface area contributed by atoms with E-state index in [1.165, 1.54) is 18.2 Å². The predicted octanol–water partition coefficient (Wildman–Crippen LogP) is 2.46. The van der Waals surface area contributed by atoms with Gasteiger partial charge in [-0.3, -0.25) is 4.79 Å². The van der Waals surface area contributed by atoms with Gasteiger partial charge in [0.2, 0.25) is 0 Å². The molecule has 0 aliphatic carbocycles. The molecule has 5 nitrogen and oxygen atoms in total. The SMILES string of the molecule is Cc1cc(OCC(=O)NC(C)C(C)C)ccc1S(=O)(=O)Cl. The van der Waals surface area contributed by atoms with Crippen molar-refractivity contribution in [3.05, 3.63) is 23.8 Å². The quantitative estimate of drug-likeness (QED) is 0.812. The summed E-state index contributed by atoms with van der Waals surface area (Å²) < 4.78 is 27.9. The molecular formula is C14H20ClNO4S. The molecule has 118 valence electrons. The van der Waals surface area contributed by atoms with Crippen LogP contribution in [0.25, 0.3) is 0 Å². The van der Waals surface area contributed by atoms with E-state index >= 15 is 0 Å². The summed E-state index contributed by atoms with van der Waals surface area (Å²) in [6.45, 7) is 7.44. The highest BCUT2D eigenvalue weighted by Gasteiger charge is 2.15. The maximum absolute atomic E-state index is 11.7. The van der Waals surface area contributed by atoms with Crippen LogP contribution < -0.4 is 10.1 Å². The molecule has 0 spiro atoms. The third-order valence-corrected chi connectivity index (χ3v) is 4.65. The normalized spacial score (nSPS) is 13.0. The summed E-state index contributed by atoms with van der Waals surface area (Å²) in [5, 5.41) is 2.82. The second-order valence-corrected chi connectivity index (χ2v) is 7.79. The minimum absolute atomic E-state index is 0.0365. The number of hydrogen-bond acceptors (Lipinski definition) is 4. The van der Waals surface area contributed by atoms with Gasteiger partial charge >= 0.3 is 0 Å². The monoisotopic (exact) mass is 333 g/mol. The third kappa shape index (κ3) is 5.55. The predicted molar refractivity (Wildman–Crippen MR) is 82.2 cm³/mol. The first-order valence-electron chi connectivity index (χ1n) is 6.58. The summed E-state index contributed by atoms with van der Waals surface area (Å²) in [6, 6.07) is 4.43. The van der Waals surface area contributed by atoms with Gasteiger partial charge in [0.15, 0.2) is 6.61 Å². The van der Waals surface area contributed by atoms with Crippen molar-refractivity contribution in [2.75, 3.05) is 6.61 Å². The fourth-order valence-electron chi connectivity index (χ4n) is 1.60. The fraction of sp³-hybridized carbons (Fsp3) is 0.500. The number of carbonyl (C=O) groups excluding carboxylic acids is 1. The summed E-state index contributed by atoms with van der Waals surface area (Å²) in [5.74, 6) is 0.538. The number of hydrogen-bond donors (Lipinski definition) is 1. The van der Waals surface area contributed by atoms with E-state index in [1.54, 1.807) is 6.92 Å². The van der Waals surface area contributed by atoms with E-state index < -0.39 is 9.05 Å². The van der Waals surface area contributed by atoms with Crippen LogP contribution in [0.1, 0.15) is 26.3 Å². The van der Waals surface area contributed by atoms with E-state index in [4.69, 9.17) is 15.4 Å². The van der Waals surface area contributed by atoms with Crippen molar-refractivity contribution in [2.24, 2.45) is 5.92 Å². The number of nitrogens with one attached hydrogen (secondary N) is 1. The number of benzene rings is 1. The van der Waals surface area contributed by atoms with Gasteiger partial charge in [-0.15, -0.1) is 0 Å². The van der Waals surface area contributed by atoms with E-state index in [0.29, 0.717) is 17.2 Å². The Hall–Kier alpha value is -1.27. The lowest BCUT2D eigenvalue weighted by atomic mass is 10.1. The van der Waals surface area contributed by atoms with Gasteiger partial charge in [0.1, 0.15) is 5.75 Å². The van der Waals surface area contributed by atoms with Crippen molar-refractivity contribution in [1.29, 1.82) is 0 Å². The third-order valence-electron chi connectivity index (χ3n) is 3.17. The molecule has 0 saturated heterocycles. The first kappa shape index (κ1) is 17.8.